The number of hydrogen-bond acceptors (Lipinski definition) is 2. The molecule has 0 unspecified atom stereocenters. The van der Waals surface area contributed by atoms with Gasteiger partial charge in [0.05, 0.1) is 0 Å². The summed E-state index contributed by atoms with van der Waals surface area (Å²) in [5.74, 6) is 0. The molecule has 0 saturated carbocycles. The van der Waals surface area contributed by atoms with Crippen molar-refractivity contribution in [2.75, 3.05) is 25.4 Å². The standard InChI is InChI=1S/C11H15FNOP/c12-15(14)8-6-13(7-9-15)10-11-4-2-1-3-5-11/h1-5H,6-10H2. The first-order valence-corrected chi connectivity index (χ1v) is 7.17. The second-order valence-electron chi connectivity index (χ2n) is 4.00. The molecule has 0 N–H and O–H groups in total. The van der Waals surface area contributed by atoms with Crippen LogP contribution in [-0.4, -0.2) is 30.3 Å². The lowest BCUT2D eigenvalue weighted by molar-refractivity contribution is 0.282. The molecule has 15 heavy (non-hydrogen) atoms. The minimum Gasteiger partial charge on any atom is -0.298 e. The van der Waals surface area contributed by atoms with Crippen molar-refractivity contribution in [1.82, 2.24) is 4.90 Å². The fourth-order valence-electron chi connectivity index (χ4n) is 1.80. The summed E-state index contributed by atoms with van der Waals surface area (Å²) in [5.41, 5.74) is 1.23. The molecule has 1 fully saturated rings. The first kappa shape index (κ1) is 10.8. The lowest BCUT2D eigenvalue weighted by Gasteiger charge is -2.28. The van der Waals surface area contributed by atoms with E-state index in [9.17, 15) is 8.76 Å². The fourth-order valence-corrected chi connectivity index (χ4v) is 3.19. The maximum absolute atomic E-state index is 13.1. The van der Waals surface area contributed by atoms with Gasteiger partial charge < -0.3 is 0 Å². The monoisotopic (exact) mass is 227 g/mol. The Balaban J connectivity index is 1.90. The first-order valence-electron chi connectivity index (χ1n) is 5.20. The molecule has 1 saturated heterocycles. The molecule has 0 aromatic heterocycles. The van der Waals surface area contributed by atoms with Gasteiger partial charge in [-0.05, 0) is 5.56 Å². The molecular weight excluding hydrogens is 212 g/mol. The summed E-state index contributed by atoms with van der Waals surface area (Å²) >= 11 is 0. The molecule has 2 nitrogen and oxygen atoms in total. The number of halogens is 1. The lowest BCUT2D eigenvalue weighted by atomic mass is 10.2. The molecule has 0 radical (unpaired) electrons. The molecule has 1 aromatic rings. The lowest BCUT2D eigenvalue weighted by Crippen LogP contribution is -2.33. The highest BCUT2D eigenvalue weighted by atomic mass is 31.2. The van der Waals surface area contributed by atoms with Crippen LogP contribution >= 0.6 is 7.45 Å². The molecule has 0 aliphatic carbocycles. The molecule has 2 rings (SSSR count). The fraction of sp³-hybridized carbons (Fsp3) is 0.455. The Hall–Kier alpha value is -0.660. The highest BCUT2D eigenvalue weighted by molar-refractivity contribution is 7.58. The van der Waals surface area contributed by atoms with Gasteiger partial charge in [0, 0.05) is 32.0 Å². The van der Waals surface area contributed by atoms with Gasteiger partial charge in [-0.25, -0.2) is 0 Å². The quantitative estimate of drug-likeness (QED) is 0.724. The van der Waals surface area contributed by atoms with E-state index in [-0.39, 0.29) is 12.3 Å². The minimum absolute atomic E-state index is 0.222. The Morgan fingerprint density at radius 1 is 1.20 bits per heavy atom. The summed E-state index contributed by atoms with van der Waals surface area (Å²) in [6, 6.07) is 10.1. The van der Waals surface area contributed by atoms with Gasteiger partial charge in [0.2, 0.25) is 7.45 Å². The van der Waals surface area contributed by atoms with Gasteiger partial charge in [0.1, 0.15) is 0 Å². The van der Waals surface area contributed by atoms with Crippen LogP contribution in [0.2, 0.25) is 0 Å². The van der Waals surface area contributed by atoms with E-state index >= 15 is 0 Å². The summed E-state index contributed by atoms with van der Waals surface area (Å²) in [6.45, 7) is 2.06. The van der Waals surface area contributed by atoms with Crippen molar-refractivity contribution in [2.24, 2.45) is 0 Å². The molecule has 1 aliphatic rings. The summed E-state index contributed by atoms with van der Waals surface area (Å²) in [4.78, 5) is 2.16. The van der Waals surface area contributed by atoms with Crippen LogP contribution in [0.5, 0.6) is 0 Å². The molecule has 1 heterocycles. The normalized spacial score (nSPS) is 21.4. The largest absolute Gasteiger partial charge is 0.298 e. The second kappa shape index (κ2) is 4.46. The number of hydrogen-bond donors (Lipinski definition) is 0. The molecule has 0 spiro atoms. The number of benzene rings is 1. The SMILES string of the molecule is O=P1(F)CCN(Cc2ccccc2)CC1. The molecule has 0 amide bonds. The van der Waals surface area contributed by atoms with Crippen LogP contribution in [0.1, 0.15) is 5.56 Å². The molecule has 1 aliphatic heterocycles. The third-order valence-corrected chi connectivity index (χ3v) is 4.48. The number of rotatable bonds is 2. The summed E-state index contributed by atoms with van der Waals surface area (Å²) in [6.07, 6.45) is 0.444. The number of nitrogens with zero attached hydrogens (tertiary/aromatic N) is 1. The zero-order valence-corrected chi connectivity index (χ0v) is 9.50. The second-order valence-corrected chi connectivity index (χ2v) is 6.47. The maximum atomic E-state index is 13.1. The van der Waals surface area contributed by atoms with Gasteiger partial charge in [0.15, 0.2) is 0 Å². The van der Waals surface area contributed by atoms with Crippen molar-refractivity contribution in [3.63, 3.8) is 0 Å². The molecular formula is C11H15FNOP. The van der Waals surface area contributed by atoms with E-state index in [4.69, 9.17) is 0 Å². The molecule has 1 aromatic carbocycles. The minimum atomic E-state index is -3.27. The third kappa shape index (κ3) is 3.15. The van der Waals surface area contributed by atoms with Gasteiger partial charge in [-0.1, -0.05) is 30.3 Å². The van der Waals surface area contributed by atoms with Crippen LogP contribution in [0.3, 0.4) is 0 Å². The van der Waals surface area contributed by atoms with Gasteiger partial charge >= 0.3 is 0 Å². The Labute approximate surface area is 89.6 Å². The van der Waals surface area contributed by atoms with Crippen LogP contribution in [0, 0.1) is 0 Å². The van der Waals surface area contributed by atoms with Gasteiger partial charge in [-0.2, -0.15) is 4.20 Å². The zero-order valence-electron chi connectivity index (χ0n) is 8.60. The van der Waals surface area contributed by atoms with Crippen LogP contribution < -0.4 is 0 Å². The Kier molecular flexibility index (Phi) is 3.22. The predicted molar refractivity (Wildman–Crippen MR) is 60.2 cm³/mol. The van der Waals surface area contributed by atoms with E-state index in [1.165, 1.54) is 5.56 Å². The van der Waals surface area contributed by atoms with E-state index in [1.807, 2.05) is 18.2 Å². The Bertz CT molecular complexity index is 356. The van der Waals surface area contributed by atoms with Gasteiger partial charge in [0.25, 0.3) is 0 Å². The van der Waals surface area contributed by atoms with Crippen molar-refractivity contribution in [3.05, 3.63) is 35.9 Å². The molecule has 0 atom stereocenters. The van der Waals surface area contributed by atoms with Crippen LogP contribution in [0.4, 0.5) is 4.20 Å². The van der Waals surface area contributed by atoms with E-state index in [0.717, 1.165) is 6.54 Å². The Morgan fingerprint density at radius 2 is 1.80 bits per heavy atom. The highest BCUT2D eigenvalue weighted by Crippen LogP contribution is 2.48. The van der Waals surface area contributed by atoms with Gasteiger partial charge in [-0.3, -0.25) is 9.46 Å². The van der Waals surface area contributed by atoms with E-state index in [0.29, 0.717) is 13.1 Å². The van der Waals surface area contributed by atoms with Crippen molar-refractivity contribution in [2.45, 2.75) is 6.54 Å². The summed E-state index contributed by atoms with van der Waals surface area (Å²) in [7, 11) is -3.27. The van der Waals surface area contributed by atoms with E-state index < -0.39 is 7.45 Å². The average Bonchev–Trinajstić information content (AvgIpc) is 2.23. The van der Waals surface area contributed by atoms with Crippen molar-refractivity contribution < 1.29 is 8.76 Å². The molecule has 0 bridgehead atoms. The van der Waals surface area contributed by atoms with E-state index in [1.54, 1.807) is 0 Å². The van der Waals surface area contributed by atoms with E-state index in [2.05, 4.69) is 17.0 Å². The van der Waals surface area contributed by atoms with Crippen molar-refractivity contribution >= 4 is 7.45 Å². The predicted octanol–water partition coefficient (Wildman–Crippen LogP) is 2.75. The van der Waals surface area contributed by atoms with Crippen LogP contribution in [0.15, 0.2) is 30.3 Å². The maximum Gasteiger partial charge on any atom is 0.246 e. The summed E-state index contributed by atoms with van der Waals surface area (Å²) < 4.78 is 24.3. The van der Waals surface area contributed by atoms with Crippen molar-refractivity contribution in [3.8, 4) is 0 Å². The highest BCUT2D eigenvalue weighted by Gasteiger charge is 2.27. The first-order chi connectivity index (χ1) is 7.16. The van der Waals surface area contributed by atoms with Crippen LogP contribution in [0.25, 0.3) is 0 Å². The molecule has 82 valence electrons. The van der Waals surface area contributed by atoms with Crippen molar-refractivity contribution in [1.29, 1.82) is 0 Å². The third-order valence-electron chi connectivity index (χ3n) is 2.75. The topological polar surface area (TPSA) is 20.3 Å². The van der Waals surface area contributed by atoms with Gasteiger partial charge in [-0.15, -0.1) is 0 Å². The Morgan fingerprint density at radius 3 is 2.40 bits per heavy atom. The smallest absolute Gasteiger partial charge is 0.246 e. The van der Waals surface area contributed by atoms with Crippen LogP contribution in [-0.2, 0) is 11.1 Å². The summed E-state index contributed by atoms with van der Waals surface area (Å²) in [5, 5.41) is 0. The zero-order chi connectivity index (χ0) is 10.7. The average molecular weight is 227 g/mol. The molecule has 4 heteroatoms.